The molecule has 1 aromatic heterocycles. The molecule has 0 aliphatic carbocycles. The normalized spacial score (nSPS) is 15.6. The van der Waals surface area contributed by atoms with Crippen LogP contribution in [0.15, 0.2) is 58.0 Å². The Bertz CT molecular complexity index is 1120. The van der Waals surface area contributed by atoms with Crippen LogP contribution < -0.4 is 0 Å². The molecule has 0 spiro atoms. The van der Waals surface area contributed by atoms with Crippen LogP contribution in [-0.2, 0) is 9.53 Å². The number of ether oxygens (including phenoxy) is 1. The summed E-state index contributed by atoms with van der Waals surface area (Å²) in [4.78, 5) is 17.6. The molecule has 0 bridgehead atoms. The number of carbonyl (C=O) groups excluding carboxylic acids is 1. The Kier molecular flexibility index (Phi) is 5.24. The second kappa shape index (κ2) is 7.73. The van der Waals surface area contributed by atoms with E-state index in [-0.39, 0.29) is 12.4 Å². The lowest BCUT2D eigenvalue weighted by molar-refractivity contribution is -0.155. The number of benzene rings is 2. The number of aromatic nitrogens is 1. The van der Waals surface area contributed by atoms with Crippen molar-refractivity contribution in [3.63, 3.8) is 0 Å². The van der Waals surface area contributed by atoms with Crippen LogP contribution in [0.25, 0.3) is 11.1 Å². The number of rotatable bonds is 3. The van der Waals surface area contributed by atoms with E-state index in [1.54, 1.807) is 0 Å². The predicted octanol–water partition coefficient (Wildman–Crippen LogP) is 5.93. The van der Waals surface area contributed by atoms with Gasteiger partial charge in [0.2, 0.25) is 0 Å². The molecule has 0 saturated heterocycles. The Hall–Kier alpha value is -2.92. The summed E-state index contributed by atoms with van der Waals surface area (Å²) in [5.74, 6) is 0.243. The van der Waals surface area contributed by atoms with Crippen molar-refractivity contribution in [3.05, 3.63) is 76.1 Å². The van der Waals surface area contributed by atoms with Gasteiger partial charge in [0.1, 0.15) is 11.6 Å². The summed E-state index contributed by atoms with van der Waals surface area (Å²) in [5, 5.41) is 4.82. The molecule has 154 valence electrons. The molecule has 6 heteroatoms. The summed E-state index contributed by atoms with van der Waals surface area (Å²) in [5.41, 5.74) is 4.70. The smallest absolute Gasteiger partial charge is 0.308 e. The number of aliphatic imine (C=N–C) groups is 1. The number of esters is 1. The molecule has 2 aromatic carbocycles. The first-order valence-electron chi connectivity index (χ1n) is 9.84. The zero-order chi connectivity index (χ0) is 21.5. The number of nitrogens with zero attached hydrogens (tertiary/aromatic N) is 2. The Morgan fingerprint density at radius 3 is 2.43 bits per heavy atom. The number of hydrogen-bond donors (Lipinski definition) is 0. The topological polar surface area (TPSA) is 64.7 Å². The Balaban J connectivity index is 1.87. The largest absolute Gasteiger partial charge is 0.460 e. The van der Waals surface area contributed by atoms with E-state index in [0.29, 0.717) is 10.8 Å². The summed E-state index contributed by atoms with van der Waals surface area (Å²) in [7, 11) is 0. The zero-order valence-corrected chi connectivity index (χ0v) is 18.2. The summed E-state index contributed by atoms with van der Waals surface area (Å²) in [6, 6.07) is 15.0. The van der Waals surface area contributed by atoms with Gasteiger partial charge in [-0.1, -0.05) is 53.2 Å². The lowest BCUT2D eigenvalue weighted by atomic mass is 9.93. The van der Waals surface area contributed by atoms with Crippen molar-refractivity contribution in [1.82, 2.24) is 5.16 Å². The van der Waals surface area contributed by atoms with E-state index >= 15 is 0 Å². The van der Waals surface area contributed by atoms with Gasteiger partial charge in [0.05, 0.1) is 23.4 Å². The van der Waals surface area contributed by atoms with Crippen molar-refractivity contribution in [2.75, 3.05) is 0 Å². The van der Waals surface area contributed by atoms with Gasteiger partial charge in [-0.2, -0.15) is 0 Å². The van der Waals surface area contributed by atoms with Crippen LogP contribution in [0.1, 0.15) is 55.8 Å². The molecule has 0 N–H and O–H groups in total. The molecule has 0 saturated carbocycles. The molecule has 5 nitrogen and oxygen atoms in total. The molecule has 0 fully saturated rings. The van der Waals surface area contributed by atoms with E-state index < -0.39 is 11.6 Å². The lowest BCUT2D eigenvalue weighted by Gasteiger charge is -2.20. The number of halogens is 1. The van der Waals surface area contributed by atoms with Gasteiger partial charge in [0.15, 0.2) is 5.76 Å². The molecule has 3 aromatic rings. The SMILES string of the molecule is Cc1noc2c1-c1ccccc1C(c1ccc(Cl)cc1)=N[C@H]2CC(=O)OC(C)(C)C. The fourth-order valence-electron chi connectivity index (χ4n) is 3.65. The van der Waals surface area contributed by atoms with E-state index in [2.05, 4.69) is 5.16 Å². The summed E-state index contributed by atoms with van der Waals surface area (Å²) >= 11 is 6.09. The first-order valence-corrected chi connectivity index (χ1v) is 10.2. The number of fused-ring (bicyclic) bond motifs is 3. The Morgan fingerprint density at radius 1 is 1.10 bits per heavy atom. The molecule has 0 radical (unpaired) electrons. The van der Waals surface area contributed by atoms with Crippen LogP contribution in [0.5, 0.6) is 0 Å². The van der Waals surface area contributed by atoms with Crippen LogP contribution in [0, 0.1) is 6.92 Å². The first kappa shape index (κ1) is 20.4. The van der Waals surface area contributed by atoms with Crippen molar-refractivity contribution in [2.24, 2.45) is 4.99 Å². The quantitative estimate of drug-likeness (QED) is 0.491. The maximum atomic E-state index is 12.6. The van der Waals surface area contributed by atoms with Crippen molar-refractivity contribution in [3.8, 4) is 11.1 Å². The molecule has 1 aliphatic rings. The summed E-state index contributed by atoms with van der Waals surface area (Å²) < 4.78 is 11.2. The second-order valence-electron chi connectivity index (χ2n) is 8.34. The molecule has 1 atom stereocenters. The van der Waals surface area contributed by atoms with Gasteiger partial charge in [-0.3, -0.25) is 9.79 Å². The second-order valence-corrected chi connectivity index (χ2v) is 8.78. The predicted molar refractivity (Wildman–Crippen MR) is 117 cm³/mol. The highest BCUT2D eigenvalue weighted by atomic mass is 35.5. The minimum atomic E-state index is -0.576. The van der Waals surface area contributed by atoms with Crippen molar-refractivity contribution >= 4 is 23.3 Å². The van der Waals surface area contributed by atoms with Gasteiger partial charge in [-0.05, 0) is 45.4 Å². The zero-order valence-electron chi connectivity index (χ0n) is 17.4. The lowest BCUT2D eigenvalue weighted by Crippen LogP contribution is -2.24. The molecule has 30 heavy (non-hydrogen) atoms. The molecular formula is C24H23ClN2O3. The van der Waals surface area contributed by atoms with Crippen LogP contribution in [0.3, 0.4) is 0 Å². The van der Waals surface area contributed by atoms with Gasteiger partial charge in [0, 0.05) is 16.1 Å². The monoisotopic (exact) mass is 422 g/mol. The van der Waals surface area contributed by atoms with Crippen molar-refractivity contribution in [2.45, 2.75) is 45.8 Å². The van der Waals surface area contributed by atoms with Gasteiger partial charge in [0.25, 0.3) is 0 Å². The van der Waals surface area contributed by atoms with E-state index in [0.717, 1.165) is 33.7 Å². The number of hydrogen-bond acceptors (Lipinski definition) is 5. The minimum Gasteiger partial charge on any atom is -0.460 e. The fourth-order valence-corrected chi connectivity index (χ4v) is 3.78. The van der Waals surface area contributed by atoms with Crippen LogP contribution in [0.2, 0.25) is 5.02 Å². The number of aryl methyl sites for hydroxylation is 1. The standard InChI is InChI=1S/C24H23ClN2O3/c1-14-21-17-7-5-6-8-18(17)22(15-9-11-16(25)12-10-15)26-19(23(21)30-27-14)13-20(28)29-24(2,3)4/h5-12,19H,13H2,1-4H3/t19-/m0/s1. The van der Waals surface area contributed by atoms with E-state index in [4.69, 9.17) is 25.9 Å². The molecule has 0 unspecified atom stereocenters. The molecule has 0 amide bonds. The van der Waals surface area contributed by atoms with Gasteiger partial charge < -0.3 is 9.26 Å². The first-order chi connectivity index (χ1) is 14.2. The molecule has 4 rings (SSSR count). The maximum absolute atomic E-state index is 12.6. The van der Waals surface area contributed by atoms with E-state index in [9.17, 15) is 4.79 Å². The van der Waals surface area contributed by atoms with Crippen LogP contribution in [0.4, 0.5) is 0 Å². The molecule has 2 heterocycles. The van der Waals surface area contributed by atoms with E-state index in [1.165, 1.54) is 0 Å². The third kappa shape index (κ3) is 4.03. The maximum Gasteiger partial charge on any atom is 0.308 e. The van der Waals surface area contributed by atoms with Gasteiger partial charge in [-0.15, -0.1) is 0 Å². The average Bonchev–Trinajstić information content (AvgIpc) is 2.99. The Labute approximate surface area is 180 Å². The van der Waals surface area contributed by atoms with Crippen molar-refractivity contribution < 1.29 is 14.1 Å². The summed E-state index contributed by atoms with van der Waals surface area (Å²) in [6.07, 6.45) is 0.0595. The van der Waals surface area contributed by atoms with Crippen LogP contribution >= 0.6 is 11.6 Å². The third-order valence-corrected chi connectivity index (χ3v) is 5.08. The molecule has 1 aliphatic heterocycles. The highest BCUT2D eigenvalue weighted by Crippen LogP contribution is 2.41. The highest BCUT2D eigenvalue weighted by molar-refractivity contribution is 6.30. The summed E-state index contributed by atoms with van der Waals surface area (Å²) in [6.45, 7) is 7.44. The van der Waals surface area contributed by atoms with Crippen molar-refractivity contribution in [1.29, 1.82) is 0 Å². The minimum absolute atomic E-state index is 0.0595. The number of carbonyl (C=O) groups is 1. The fraction of sp³-hybridized carbons (Fsp3) is 0.292. The van der Waals surface area contributed by atoms with Gasteiger partial charge in [-0.25, -0.2) is 0 Å². The van der Waals surface area contributed by atoms with Crippen LogP contribution in [-0.4, -0.2) is 22.4 Å². The Morgan fingerprint density at radius 2 is 1.77 bits per heavy atom. The average molecular weight is 423 g/mol. The highest BCUT2D eigenvalue weighted by Gasteiger charge is 2.32. The van der Waals surface area contributed by atoms with E-state index in [1.807, 2.05) is 76.2 Å². The van der Waals surface area contributed by atoms with Gasteiger partial charge >= 0.3 is 5.97 Å². The third-order valence-electron chi connectivity index (χ3n) is 4.83. The molecular weight excluding hydrogens is 400 g/mol.